The lowest BCUT2D eigenvalue weighted by Gasteiger charge is -2.32. The summed E-state index contributed by atoms with van der Waals surface area (Å²) in [6.07, 6.45) is 5.83. The first kappa shape index (κ1) is 37.4. The summed E-state index contributed by atoms with van der Waals surface area (Å²) in [6, 6.07) is 80.2. The van der Waals surface area contributed by atoms with Gasteiger partial charge in [-0.25, -0.2) is 9.97 Å². The number of anilines is 2. The SMILES string of the molecule is C1=C(c2ccccc2)CC(c2ccccc2)C=C1N1c2ccccc2-c2c(n(-c3ccc(-c4cc(-c5ccccc5)nc(-c5ccccc5)n4)cc3)c3ccccc23)-c2ccccc21. The first-order valence-electron chi connectivity index (χ1n) is 22.0. The summed E-state index contributed by atoms with van der Waals surface area (Å²) in [4.78, 5) is 12.7. The first-order valence-corrected chi connectivity index (χ1v) is 22.0. The summed E-state index contributed by atoms with van der Waals surface area (Å²) in [7, 11) is 0. The van der Waals surface area contributed by atoms with Crippen molar-refractivity contribution in [3.8, 4) is 62.0 Å². The van der Waals surface area contributed by atoms with Crippen LogP contribution in [-0.2, 0) is 0 Å². The second-order valence-corrected chi connectivity index (χ2v) is 16.5. The van der Waals surface area contributed by atoms with Crippen molar-refractivity contribution in [2.75, 3.05) is 4.90 Å². The highest BCUT2D eigenvalue weighted by molar-refractivity contribution is 6.12. The zero-order valence-corrected chi connectivity index (χ0v) is 35.1. The summed E-state index contributed by atoms with van der Waals surface area (Å²) < 4.78 is 2.46. The van der Waals surface area contributed by atoms with E-state index in [1.165, 1.54) is 50.2 Å². The maximum absolute atomic E-state index is 5.15. The molecule has 302 valence electrons. The molecular weight excluding hydrogens is 777 g/mol. The predicted octanol–water partition coefficient (Wildman–Crippen LogP) is 15.4. The molecule has 2 aliphatic rings. The molecule has 1 unspecified atom stereocenters. The molecule has 0 saturated heterocycles. The van der Waals surface area contributed by atoms with Gasteiger partial charge in [0.2, 0.25) is 0 Å². The summed E-state index contributed by atoms with van der Waals surface area (Å²) in [5.74, 6) is 0.911. The molecule has 0 saturated carbocycles. The molecule has 0 fully saturated rings. The monoisotopic (exact) mass is 818 g/mol. The van der Waals surface area contributed by atoms with Crippen LogP contribution in [0.1, 0.15) is 23.5 Å². The summed E-state index contributed by atoms with van der Waals surface area (Å²) in [6.45, 7) is 0. The zero-order chi connectivity index (χ0) is 42.4. The fourth-order valence-electron chi connectivity index (χ4n) is 9.74. The predicted molar refractivity (Wildman–Crippen MR) is 264 cm³/mol. The van der Waals surface area contributed by atoms with Gasteiger partial charge in [0, 0.05) is 56.1 Å². The molecule has 8 aromatic carbocycles. The quantitative estimate of drug-likeness (QED) is 0.161. The van der Waals surface area contributed by atoms with E-state index in [-0.39, 0.29) is 5.92 Å². The van der Waals surface area contributed by atoms with E-state index in [1.54, 1.807) is 0 Å². The van der Waals surface area contributed by atoms with Crippen LogP contribution in [0.15, 0.2) is 242 Å². The molecule has 0 spiro atoms. The van der Waals surface area contributed by atoms with Crippen molar-refractivity contribution in [3.05, 3.63) is 253 Å². The third kappa shape index (κ3) is 6.56. The van der Waals surface area contributed by atoms with Gasteiger partial charge in [0.1, 0.15) is 0 Å². The average Bonchev–Trinajstić information content (AvgIpc) is 3.66. The maximum Gasteiger partial charge on any atom is 0.160 e. The van der Waals surface area contributed by atoms with E-state index in [2.05, 4.69) is 222 Å². The number of hydrogen-bond donors (Lipinski definition) is 0. The third-order valence-electron chi connectivity index (χ3n) is 12.7. The Morgan fingerprint density at radius 1 is 0.453 bits per heavy atom. The second kappa shape index (κ2) is 15.8. The van der Waals surface area contributed by atoms with Gasteiger partial charge in [0.25, 0.3) is 0 Å². The number of aromatic nitrogens is 3. The fourth-order valence-corrected chi connectivity index (χ4v) is 9.74. The summed E-state index contributed by atoms with van der Waals surface area (Å²) in [5, 5.41) is 1.21. The van der Waals surface area contributed by atoms with Crippen molar-refractivity contribution >= 4 is 27.9 Å². The van der Waals surface area contributed by atoms with Crippen molar-refractivity contribution in [3.63, 3.8) is 0 Å². The lowest BCUT2D eigenvalue weighted by atomic mass is 9.84. The van der Waals surface area contributed by atoms with Crippen LogP contribution in [0.3, 0.4) is 0 Å². The minimum Gasteiger partial charge on any atom is -0.309 e. The minimum absolute atomic E-state index is 0.206. The third-order valence-corrected chi connectivity index (χ3v) is 12.7. The summed E-state index contributed by atoms with van der Waals surface area (Å²) in [5.41, 5.74) is 19.2. The van der Waals surface area contributed by atoms with Crippen LogP contribution in [0.5, 0.6) is 0 Å². The maximum atomic E-state index is 5.15. The van der Waals surface area contributed by atoms with Crippen molar-refractivity contribution < 1.29 is 0 Å². The Morgan fingerprint density at radius 3 is 1.67 bits per heavy atom. The number of hydrogen-bond acceptors (Lipinski definition) is 3. The highest BCUT2D eigenvalue weighted by atomic mass is 15.2. The van der Waals surface area contributed by atoms with Crippen LogP contribution in [0.25, 0.3) is 78.5 Å². The first-order chi connectivity index (χ1) is 31.7. The van der Waals surface area contributed by atoms with Crippen LogP contribution < -0.4 is 4.90 Å². The van der Waals surface area contributed by atoms with E-state index in [1.807, 2.05) is 24.3 Å². The molecule has 1 aliphatic carbocycles. The lowest BCUT2D eigenvalue weighted by molar-refractivity contribution is 0.851. The van der Waals surface area contributed by atoms with Gasteiger partial charge < -0.3 is 9.47 Å². The van der Waals surface area contributed by atoms with Crippen LogP contribution in [0, 0.1) is 0 Å². The molecule has 4 heteroatoms. The summed E-state index contributed by atoms with van der Waals surface area (Å²) >= 11 is 0. The number of allylic oxidation sites excluding steroid dienone is 3. The van der Waals surface area contributed by atoms with E-state index in [0.717, 1.165) is 57.1 Å². The van der Waals surface area contributed by atoms with Gasteiger partial charge in [-0.1, -0.05) is 194 Å². The molecule has 1 atom stereocenters. The van der Waals surface area contributed by atoms with Crippen LogP contribution in [0.2, 0.25) is 0 Å². The normalized spacial score (nSPS) is 14.2. The number of fused-ring (bicyclic) bond motifs is 7. The molecule has 0 radical (unpaired) electrons. The van der Waals surface area contributed by atoms with Crippen LogP contribution in [0.4, 0.5) is 11.4 Å². The number of benzene rings is 8. The molecule has 0 N–H and O–H groups in total. The Balaban J connectivity index is 1.04. The molecule has 0 amide bonds. The van der Waals surface area contributed by atoms with Crippen LogP contribution in [-0.4, -0.2) is 14.5 Å². The Labute approximate surface area is 373 Å². The topological polar surface area (TPSA) is 34.0 Å². The van der Waals surface area contributed by atoms with Crippen molar-refractivity contribution in [2.45, 2.75) is 12.3 Å². The van der Waals surface area contributed by atoms with E-state index in [9.17, 15) is 0 Å². The van der Waals surface area contributed by atoms with Gasteiger partial charge in [0.15, 0.2) is 5.82 Å². The van der Waals surface area contributed by atoms with Gasteiger partial charge >= 0.3 is 0 Å². The van der Waals surface area contributed by atoms with Gasteiger partial charge in [0.05, 0.1) is 34.0 Å². The molecule has 64 heavy (non-hydrogen) atoms. The van der Waals surface area contributed by atoms with Crippen molar-refractivity contribution in [1.82, 2.24) is 14.5 Å². The van der Waals surface area contributed by atoms with Gasteiger partial charge in [-0.2, -0.15) is 0 Å². The van der Waals surface area contributed by atoms with Crippen LogP contribution >= 0.6 is 0 Å². The van der Waals surface area contributed by atoms with Gasteiger partial charge in [-0.15, -0.1) is 0 Å². The molecule has 12 rings (SSSR count). The van der Waals surface area contributed by atoms with E-state index in [0.29, 0.717) is 5.82 Å². The lowest BCUT2D eigenvalue weighted by Crippen LogP contribution is -2.19. The van der Waals surface area contributed by atoms with E-state index >= 15 is 0 Å². The Kier molecular flexibility index (Phi) is 9.27. The van der Waals surface area contributed by atoms with Gasteiger partial charge in [-0.3, -0.25) is 0 Å². The standard InChI is InChI=1S/C60H42N4/c1-5-19-41(20-6-1)46-37-47(42-21-7-2-8-22-42)39-49(38-46)63-55-30-16-13-27-50(55)58-51-28-14-17-31-56(51)64(59(58)52-29-15-18-32-57(52)63)48-35-33-44(34-36-48)54-40-53(43-23-9-3-10-24-43)61-60(62-54)45-25-11-4-12-26-45/h1-36,38-40,46H,37H2. The molecule has 10 aromatic rings. The van der Waals surface area contributed by atoms with E-state index < -0.39 is 0 Å². The van der Waals surface area contributed by atoms with Crippen molar-refractivity contribution in [2.24, 2.45) is 0 Å². The fraction of sp³-hybridized carbons (Fsp3) is 0.0333. The zero-order valence-electron chi connectivity index (χ0n) is 35.1. The smallest absolute Gasteiger partial charge is 0.160 e. The molecule has 4 nitrogen and oxygen atoms in total. The van der Waals surface area contributed by atoms with Crippen molar-refractivity contribution in [1.29, 1.82) is 0 Å². The Hall–Kier alpha value is -8.34. The largest absolute Gasteiger partial charge is 0.309 e. The average molecular weight is 819 g/mol. The molecule has 3 heterocycles. The highest BCUT2D eigenvalue weighted by Crippen LogP contribution is 2.54. The number of para-hydroxylation sites is 3. The van der Waals surface area contributed by atoms with E-state index in [4.69, 9.17) is 9.97 Å². The second-order valence-electron chi connectivity index (χ2n) is 16.5. The minimum atomic E-state index is 0.206. The Morgan fingerprint density at radius 2 is 0.984 bits per heavy atom. The molecule has 1 aliphatic heterocycles. The molecular formula is C60H42N4. The Bertz CT molecular complexity index is 3330. The highest BCUT2D eigenvalue weighted by Gasteiger charge is 2.33. The molecule has 0 bridgehead atoms. The number of nitrogens with zero attached hydrogens (tertiary/aromatic N) is 4. The van der Waals surface area contributed by atoms with Gasteiger partial charge in [-0.05, 0) is 65.6 Å². The number of rotatable bonds is 7. The molecule has 2 aromatic heterocycles.